The van der Waals surface area contributed by atoms with Crippen molar-refractivity contribution >= 4 is 5.91 Å². The lowest BCUT2D eigenvalue weighted by Gasteiger charge is -2.20. The van der Waals surface area contributed by atoms with Crippen LogP contribution in [0.3, 0.4) is 0 Å². The predicted molar refractivity (Wildman–Crippen MR) is 80.0 cm³/mol. The predicted octanol–water partition coefficient (Wildman–Crippen LogP) is 2.30. The molecule has 4 nitrogen and oxygen atoms in total. The molecule has 0 aromatic heterocycles. The Bertz CT molecular complexity index is 411. The molecule has 0 heterocycles. The molecule has 0 radical (unpaired) electrons. The fourth-order valence-corrected chi connectivity index (χ4v) is 2.15. The quantitative estimate of drug-likeness (QED) is 0.794. The summed E-state index contributed by atoms with van der Waals surface area (Å²) < 4.78 is 5.64. The first-order valence-electron chi connectivity index (χ1n) is 7.16. The first kappa shape index (κ1) is 16.5. The van der Waals surface area contributed by atoms with Gasteiger partial charge in [-0.15, -0.1) is 0 Å². The van der Waals surface area contributed by atoms with Gasteiger partial charge in [0.1, 0.15) is 5.75 Å². The second-order valence-electron chi connectivity index (χ2n) is 4.97. The van der Waals surface area contributed by atoms with Crippen molar-refractivity contribution in [3.63, 3.8) is 0 Å². The Hall–Kier alpha value is -1.55. The second kappa shape index (κ2) is 8.59. The van der Waals surface area contributed by atoms with Crippen LogP contribution in [0.25, 0.3) is 0 Å². The van der Waals surface area contributed by atoms with E-state index in [1.807, 2.05) is 32.9 Å². The molecule has 1 aromatic rings. The number of aryl methyl sites for hydroxylation is 2. The van der Waals surface area contributed by atoms with Crippen LogP contribution in [-0.2, 0) is 4.79 Å². The fourth-order valence-electron chi connectivity index (χ4n) is 2.15. The molecule has 4 heteroatoms. The molecular formula is C16H25NO3. The molecule has 0 aliphatic heterocycles. The van der Waals surface area contributed by atoms with Gasteiger partial charge < -0.3 is 14.7 Å². The zero-order valence-electron chi connectivity index (χ0n) is 12.7. The van der Waals surface area contributed by atoms with Crippen LogP contribution in [0, 0.1) is 13.8 Å². The smallest absolute Gasteiger partial charge is 0.225 e. The summed E-state index contributed by atoms with van der Waals surface area (Å²) in [6.07, 6.45) is 0.990. The third-order valence-electron chi connectivity index (χ3n) is 3.10. The molecule has 0 saturated carbocycles. The summed E-state index contributed by atoms with van der Waals surface area (Å²) in [6, 6.07) is 6.04. The molecule has 20 heavy (non-hydrogen) atoms. The number of hydrogen-bond donors (Lipinski definition) is 1. The second-order valence-corrected chi connectivity index (χ2v) is 4.97. The number of carbonyl (C=O) groups is 1. The SMILES string of the molecule is CCN(CCCO)C(=O)CCOc1cc(C)cc(C)c1. The highest BCUT2D eigenvalue weighted by atomic mass is 16.5. The van der Waals surface area contributed by atoms with Crippen molar-refractivity contribution in [2.24, 2.45) is 0 Å². The monoisotopic (exact) mass is 279 g/mol. The third-order valence-corrected chi connectivity index (χ3v) is 3.10. The lowest BCUT2D eigenvalue weighted by molar-refractivity contribution is -0.131. The maximum Gasteiger partial charge on any atom is 0.225 e. The molecule has 1 rings (SSSR count). The highest BCUT2D eigenvalue weighted by Gasteiger charge is 2.11. The highest BCUT2D eigenvalue weighted by Crippen LogP contribution is 2.16. The van der Waals surface area contributed by atoms with Crippen LogP contribution in [0.2, 0.25) is 0 Å². The number of ether oxygens (including phenoxy) is 1. The molecule has 112 valence electrons. The molecule has 0 unspecified atom stereocenters. The minimum absolute atomic E-state index is 0.0744. The minimum Gasteiger partial charge on any atom is -0.493 e. The van der Waals surface area contributed by atoms with E-state index < -0.39 is 0 Å². The number of aliphatic hydroxyl groups is 1. The zero-order chi connectivity index (χ0) is 15.0. The Morgan fingerprint density at radius 3 is 2.45 bits per heavy atom. The molecule has 1 N–H and O–H groups in total. The summed E-state index contributed by atoms with van der Waals surface area (Å²) in [6.45, 7) is 7.77. The Balaban J connectivity index is 2.40. The number of rotatable bonds is 8. The van der Waals surface area contributed by atoms with E-state index in [-0.39, 0.29) is 12.5 Å². The van der Waals surface area contributed by atoms with Crippen molar-refractivity contribution in [2.75, 3.05) is 26.3 Å². The molecule has 0 atom stereocenters. The fraction of sp³-hybridized carbons (Fsp3) is 0.562. The largest absolute Gasteiger partial charge is 0.493 e. The van der Waals surface area contributed by atoms with Crippen LogP contribution in [0.4, 0.5) is 0 Å². The van der Waals surface area contributed by atoms with Crippen LogP contribution in [0.5, 0.6) is 5.75 Å². The van der Waals surface area contributed by atoms with Gasteiger partial charge in [0.15, 0.2) is 0 Å². The summed E-state index contributed by atoms with van der Waals surface area (Å²) in [5.74, 6) is 0.888. The van der Waals surface area contributed by atoms with Gasteiger partial charge in [-0.1, -0.05) is 6.07 Å². The maximum atomic E-state index is 12.0. The standard InChI is InChI=1S/C16H25NO3/c1-4-17(7-5-8-18)16(19)6-9-20-15-11-13(2)10-14(3)12-15/h10-12,18H,4-9H2,1-3H3. The maximum absolute atomic E-state index is 12.0. The van der Waals surface area contributed by atoms with Gasteiger partial charge in [0.25, 0.3) is 0 Å². The van der Waals surface area contributed by atoms with Crippen LogP contribution >= 0.6 is 0 Å². The number of amides is 1. The van der Waals surface area contributed by atoms with E-state index in [0.29, 0.717) is 32.5 Å². The van der Waals surface area contributed by atoms with Crippen LogP contribution in [0.1, 0.15) is 30.9 Å². The molecule has 0 bridgehead atoms. The van der Waals surface area contributed by atoms with Gasteiger partial charge in [-0.25, -0.2) is 0 Å². The van der Waals surface area contributed by atoms with E-state index in [9.17, 15) is 4.79 Å². The molecular weight excluding hydrogens is 254 g/mol. The summed E-state index contributed by atoms with van der Waals surface area (Å²) >= 11 is 0. The van der Waals surface area contributed by atoms with Crippen molar-refractivity contribution in [3.8, 4) is 5.75 Å². The average molecular weight is 279 g/mol. The summed E-state index contributed by atoms with van der Waals surface area (Å²) in [7, 11) is 0. The van der Waals surface area contributed by atoms with E-state index in [1.165, 1.54) is 0 Å². The number of hydrogen-bond acceptors (Lipinski definition) is 3. The molecule has 0 saturated heterocycles. The van der Waals surface area contributed by atoms with Gasteiger partial charge >= 0.3 is 0 Å². The third kappa shape index (κ3) is 5.61. The Morgan fingerprint density at radius 1 is 1.25 bits per heavy atom. The van der Waals surface area contributed by atoms with E-state index in [2.05, 4.69) is 6.07 Å². The summed E-state index contributed by atoms with van der Waals surface area (Å²) in [4.78, 5) is 13.7. The van der Waals surface area contributed by atoms with E-state index in [1.54, 1.807) is 4.90 Å². The normalized spacial score (nSPS) is 10.4. The minimum atomic E-state index is 0.0744. The van der Waals surface area contributed by atoms with Gasteiger partial charge in [0.2, 0.25) is 5.91 Å². The number of aliphatic hydroxyl groups excluding tert-OH is 1. The summed E-state index contributed by atoms with van der Waals surface area (Å²) in [5.41, 5.74) is 2.31. The van der Waals surface area contributed by atoms with Crippen LogP contribution in [-0.4, -0.2) is 42.2 Å². The van der Waals surface area contributed by atoms with Gasteiger partial charge in [-0.3, -0.25) is 4.79 Å². The Morgan fingerprint density at radius 2 is 1.90 bits per heavy atom. The van der Waals surface area contributed by atoms with Gasteiger partial charge in [0, 0.05) is 19.7 Å². The van der Waals surface area contributed by atoms with Gasteiger partial charge in [-0.2, -0.15) is 0 Å². The molecule has 0 aliphatic carbocycles. The highest BCUT2D eigenvalue weighted by molar-refractivity contribution is 5.76. The molecule has 0 spiro atoms. The number of benzene rings is 1. The lowest BCUT2D eigenvalue weighted by Crippen LogP contribution is -2.33. The van der Waals surface area contributed by atoms with E-state index >= 15 is 0 Å². The molecule has 0 aliphatic rings. The average Bonchev–Trinajstić information content (AvgIpc) is 2.38. The van der Waals surface area contributed by atoms with Crippen molar-refractivity contribution in [3.05, 3.63) is 29.3 Å². The topological polar surface area (TPSA) is 49.8 Å². The summed E-state index contributed by atoms with van der Waals surface area (Å²) in [5, 5.41) is 8.81. The van der Waals surface area contributed by atoms with Crippen molar-refractivity contribution in [1.82, 2.24) is 4.90 Å². The van der Waals surface area contributed by atoms with E-state index in [0.717, 1.165) is 16.9 Å². The Labute approximate surface area is 121 Å². The number of nitrogens with zero attached hydrogens (tertiary/aromatic N) is 1. The van der Waals surface area contributed by atoms with Crippen molar-refractivity contribution in [1.29, 1.82) is 0 Å². The van der Waals surface area contributed by atoms with E-state index in [4.69, 9.17) is 9.84 Å². The first-order valence-corrected chi connectivity index (χ1v) is 7.16. The van der Waals surface area contributed by atoms with Crippen molar-refractivity contribution < 1.29 is 14.6 Å². The van der Waals surface area contributed by atoms with Crippen molar-refractivity contribution in [2.45, 2.75) is 33.6 Å². The lowest BCUT2D eigenvalue weighted by atomic mass is 10.1. The van der Waals surface area contributed by atoms with Gasteiger partial charge in [-0.05, 0) is 50.5 Å². The number of carbonyl (C=O) groups excluding carboxylic acids is 1. The first-order chi connectivity index (χ1) is 9.56. The Kier molecular flexibility index (Phi) is 7.09. The zero-order valence-corrected chi connectivity index (χ0v) is 12.7. The van der Waals surface area contributed by atoms with Gasteiger partial charge in [0.05, 0.1) is 13.0 Å². The van der Waals surface area contributed by atoms with Crippen LogP contribution in [0.15, 0.2) is 18.2 Å². The van der Waals surface area contributed by atoms with Crippen LogP contribution < -0.4 is 4.74 Å². The molecule has 1 amide bonds. The molecule has 1 aromatic carbocycles. The molecule has 0 fully saturated rings.